The summed E-state index contributed by atoms with van der Waals surface area (Å²) in [7, 11) is 0. The average molecular weight is 318 g/mol. The van der Waals surface area contributed by atoms with Crippen LogP contribution in [0.1, 0.15) is 40.2 Å². The van der Waals surface area contributed by atoms with Crippen LogP contribution in [0.2, 0.25) is 0 Å². The van der Waals surface area contributed by atoms with Gasteiger partial charge in [-0.2, -0.15) is 0 Å². The number of rotatable bonds is 0. The number of phenols is 2. The Morgan fingerprint density at radius 3 is 2.59 bits per heavy atom. The molecule has 4 heteroatoms. The van der Waals surface area contributed by atoms with Crippen LogP contribution in [0.5, 0.6) is 11.5 Å². The lowest BCUT2D eigenvalue weighted by atomic mass is 9.72. The average Bonchev–Trinajstić information content (AvgIpc) is 2.47. The van der Waals surface area contributed by atoms with Crippen molar-refractivity contribution in [3.63, 3.8) is 0 Å². The lowest BCUT2D eigenvalue weighted by Crippen LogP contribution is -2.42. The molecule has 22 heavy (non-hydrogen) atoms. The van der Waals surface area contributed by atoms with Gasteiger partial charge >= 0.3 is 0 Å². The van der Waals surface area contributed by atoms with Gasteiger partial charge < -0.3 is 15.5 Å². The number of fused-ring (bicyclic) bond motifs is 5. The fourth-order valence-corrected chi connectivity index (χ4v) is 3.87. The smallest absolute Gasteiger partial charge is 0.157 e. The van der Waals surface area contributed by atoms with E-state index in [2.05, 4.69) is 30.4 Å². The molecule has 0 unspecified atom stereocenters. The Morgan fingerprint density at radius 1 is 1.00 bits per heavy atom. The molecule has 3 nitrogen and oxygen atoms in total. The Bertz CT molecular complexity index is 729. The summed E-state index contributed by atoms with van der Waals surface area (Å²) in [5.41, 5.74) is 6.28. The number of hydrogen-bond acceptors (Lipinski definition) is 3. The van der Waals surface area contributed by atoms with Crippen molar-refractivity contribution >= 4 is 12.4 Å². The van der Waals surface area contributed by atoms with Crippen LogP contribution in [0.25, 0.3) is 0 Å². The van der Waals surface area contributed by atoms with E-state index in [-0.39, 0.29) is 29.8 Å². The highest BCUT2D eigenvalue weighted by atomic mass is 35.5. The van der Waals surface area contributed by atoms with Crippen molar-refractivity contribution in [1.82, 2.24) is 5.32 Å². The highest BCUT2D eigenvalue weighted by Gasteiger charge is 2.35. The largest absolute Gasteiger partial charge is 0.504 e. The molecule has 0 aromatic heterocycles. The van der Waals surface area contributed by atoms with Gasteiger partial charge in [-0.1, -0.05) is 23.8 Å². The molecule has 0 radical (unpaired) electrons. The van der Waals surface area contributed by atoms with E-state index in [1.807, 2.05) is 0 Å². The van der Waals surface area contributed by atoms with Crippen molar-refractivity contribution in [2.24, 2.45) is 0 Å². The normalized spacial score (nSPS) is 22.0. The highest BCUT2D eigenvalue weighted by molar-refractivity contribution is 5.85. The Labute approximate surface area is 136 Å². The van der Waals surface area contributed by atoms with Gasteiger partial charge in [-0.15, -0.1) is 12.4 Å². The van der Waals surface area contributed by atoms with E-state index in [9.17, 15) is 10.2 Å². The van der Waals surface area contributed by atoms with E-state index in [1.165, 1.54) is 16.7 Å². The maximum absolute atomic E-state index is 9.89. The molecular weight excluding hydrogens is 298 g/mol. The molecule has 0 saturated heterocycles. The van der Waals surface area contributed by atoms with Gasteiger partial charge in [0, 0.05) is 18.5 Å². The first-order valence-corrected chi connectivity index (χ1v) is 7.51. The minimum Gasteiger partial charge on any atom is -0.504 e. The van der Waals surface area contributed by atoms with E-state index in [4.69, 9.17) is 0 Å². The minimum absolute atomic E-state index is 0. The molecule has 1 aliphatic heterocycles. The Kier molecular flexibility index (Phi) is 3.79. The second-order valence-electron chi connectivity index (χ2n) is 6.25. The van der Waals surface area contributed by atoms with E-state index >= 15 is 0 Å². The summed E-state index contributed by atoms with van der Waals surface area (Å²) in [6.07, 6.45) is 2.01. The van der Waals surface area contributed by atoms with Gasteiger partial charge in [-0.25, -0.2) is 0 Å². The standard InChI is InChI=1S/C18H19NO2.ClH/c1-10-2-4-13-12(6-10)9-19-15-5-3-11-7-16(20)17(21)8-14(11)18(13)15;/h2,4,6-8,15,18-21H,3,5,9H2,1H3;1H/t15-,18-;/m0./s1. The van der Waals surface area contributed by atoms with Crippen LogP contribution in [0, 0.1) is 6.92 Å². The monoisotopic (exact) mass is 317 g/mol. The lowest BCUT2D eigenvalue weighted by Gasteiger charge is -2.39. The number of halogens is 1. The van der Waals surface area contributed by atoms with Gasteiger partial charge in [0.15, 0.2) is 11.5 Å². The van der Waals surface area contributed by atoms with Gasteiger partial charge in [-0.3, -0.25) is 0 Å². The van der Waals surface area contributed by atoms with Gasteiger partial charge in [0.1, 0.15) is 0 Å². The first-order valence-electron chi connectivity index (χ1n) is 7.51. The second-order valence-corrected chi connectivity index (χ2v) is 6.25. The molecule has 2 aromatic rings. The molecule has 0 fully saturated rings. The third kappa shape index (κ3) is 2.25. The minimum atomic E-state index is -0.0198. The zero-order valence-corrected chi connectivity index (χ0v) is 13.3. The quantitative estimate of drug-likeness (QED) is 0.653. The summed E-state index contributed by atoms with van der Waals surface area (Å²) in [6, 6.07) is 10.5. The number of benzene rings is 2. The number of aromatic hydroxyl groups is 2. The number of hydrogen-bond donors (Lipinski definition) is 3. The summed E-state index contributed by atoms with van der Waals surface area (Å²) in [5, 5.41) is 23.3. The van der Waals surface area contributed by atoms with Gasteiger partial charge in [0.2, 0.25) is 0 Å². The fourth-order valence-electron chi connectivity index (χ4n) is 3.87. The van der Waals surface area contributed by atoms with Crippen LogP contribution in [0.3, 0.4) is 0 Å². The molecule has 0 saturated carbocycles. The molecule has 0 amide bonds. The number of nitrogens with one attached hydrogen (secondary N) is 1. The van der Waals surface area contributed by atoms with Gasteiger partial charge in [0.05, 0.1) is 0 Å². The molecule has 116 valence electrons. The van der Waals surface area contributed by atoms with E-state index in [0.29, 0.717) is 6.04 Å². The van der Waals surface area contributed by atoms with Crippen LogP contribution in [-0.2, 0) is 13.0 Å². The van der Waals surface area contributed by atoms with E-state index in [0.717, 1.165) is 30.5 Å². The molecule has 1 heterocycles. The van der Waals surface area contributed by atoms with Crippen LogP contribution in [-0.4, -0.2) is 16.3 Å². The Morgan fingerprint density at radius 2 is 1.77 bits per heavy atom. The molecule has 0 spiro atoms. The maximum Gasteiger partial charge on any atom is 0.157 e. The van der Waals surface area contributed by atoms with Crippen LogP contribution < -0.4 is 5.32 Å². The zero-order chi connectivity index (χ0) is 14.6. The lowest BCUT2D eigenvalue weighted by molar-refractivity contribution is 0.380. The van der Waals surface area contributed by atoms with Crippen molar-refractivity contribution in [3.8, 4) is 11.5 Å². The molecule has 2 aliphatic rings. The van der Waals surface area contributed by atoms with Crippen molar-refractivity contribution in [2.45, 2.75) is 38.3 Å². The third-order valence-electron chi connectivity index (χ3n) is 4.89. The van der Waals surface area contributed by atoms with Gasteiger partial charge in [0.25, 0.3) is 0 Å². The first-order chi connectivity index (χ1) is 10.1. The van der Waals surface area contributed by atoms with Crippen LogP contribution in [0.4, 0.5) is 0 Å². The fraction of sp³-hybridized carbons (Fsp3) is 0.333. The molecule has 3 N–H and O–H groups in total. The molecule has 1 aliphatic carbocycles. The first kappa shape index (κ1) is 15.2. The summed E-state index contributed by atoms with van der Waals surface area (Å²) in [5.74, 6) is 0.235. The maximum atomic E-state index is 9.89. The third-order valence-corrected chi connectivity index (χ3v) is 4.89. The second kappa shape index (κ2) is 5.49. The molecule has 0 bridgehead atoms. The summed E-state index contributed by atoms with van der Waals surface area (Å²) in [6.45, 7) is 3.03. The highest BCUT2D eigenvalue weighted by Crippen LogP contribution is 2.44. The van der Waals surface area contributed by atoms with Crippen LogP contribution in [0.15, 0.2) is 30.3 Å². The Balaban J connectivity index is 0.00000144. The molecule has 2 aromatic carbocycles. The predicted octanol–water partition coefficient (Wildman–Crippen LogP) is 3.38. The van der Waals surface area contributed by atoms with Crippen molar-refractivity contribution in [1.29, 1.82) is 0 Å². The van der Waals surface area contributed by atoms with Crippen molar-refractivity contribution in [3.05, 3.63) is 58.1 Å². The number of aryl methyl sites for hydroxylation is 2. The summed E-state index contributed by atoms with van der Waals surface area (Å²) >= 11 is 0. The van der Waals surface area contributed by atoms with E-state index < -0.39 is 0 Å². The predicted molar refractivity (Wildman–Crippen MR) is 89.0 cm³/mol. The van der Waals surface area contributed by atoms with Crippen molar-refractivity contribution < 1.29 is 10.2 Å². The summed E-state index contributed by atoms with van der Waals surface area (Å²) in [4.78, 5) is 0. The van der Waals surface area contributed by atoms with E-state index in [1.54, 1.807) is 12.1 Å². The molecular formula is C18H20ClNO2. The number of phenolic OH excluding ortho intramolecular Hbond substituents is 2. The van der Waals surface area contributed by atoms with Crippen LogP contribution >= 0.6 is 12.4 Å². The molecule has 2 atom stereocenters. The summed E-state index contributed by atoms with van der Waals surface area (Å²) < 4.78 is 0. The SMILES string of the molecule is Cc1ccc2c(c1)CN[C@H]1CCc3cc(O)c(O)cc3[C@H]21.Cl. The molecule has 4 rings (SSSR count). The Hall–Kier alpha value is -1.71. The van der Waals surface area contributed by atoms with Crippen molar-refractivity contribution in [2.75, 3.05) is 0 Å². The topological polar surface area (TPSA) is 52.5 Å². The van der Waals surface area contributed by atoms with Gasteiger partial charge in [-0.05, 0) is 54.2 Å². The zero-order valence-electron chi connectivity index (χ0n) is 12.5.